The second-order valence-corrected chi connectivity index (χ2v) is 5.12. The van der Waals surface area contributed by atoms with Crippen molar-refractivity contribution in [2.45, 2.75) is 25.7 Å². The standard InChI is InChI=1S/C17H15F4NO3/c18-16(19)17(20,21)25-14-7-2-1-6-13(14)15(24)22-9-11-4-3-5-12(8-11)10-23/h1-8,16,23H,9-10H2,(H,22,24). The zero-order chi connectivity index (χ0) is 18.4. The van der Waals surface area contributed by atoms with E-state index in [4.69, 9.17) is 5.11 Å². The minimum atomic E-state index is -4.70. The lowest BCUT2D eigenvalue weighted by Crippen LogP contribution is -2.34. The van der Waals surface area contributed by atoms with Crippen molar-refractivity contribution in [2.75, 3.05) is 0 Å². The molecule has 0 saturated heterocycles. The van der Waals surface area contributed by atoms with Crippen LogP contribution in [0.5, 0.6) is 5.75 Å². The molecule has 134 valence electrons. The van der Waals surface area contributed by atoms with E-state index in [-0.39, 0.29) is 18.7 Å². The van der Waals surface area contributed by atoms with Gasteiger partial charge in [-0.25, -0.2) is 0 Å². The molecule has 0 aliphatic rings. The number of halogens is 4. The highest BCUT2D eigenvalue weighted by atomic mass is 19.3. The van der Waals surface area contributed by atoms with Gasteiger partial charge in [0.15, 0.2) is 0 Å². The molecule has 0 heterocycles. The van der Waals surface area contributed by atoms with Gasteiger partial charge in [0.05, 0.1) is 12.2 Å². The summed E-state index contributed by atoms with van der Waals surface area (Å²) < 4.78 is 54.7. The van der Waals surface area contributed by atoms with E-state index in [0.29, 0.717) is 11.1 Å². The maximum absolute atomic E-state index is 13.1. The van der Waals surface area contributed by atoms with Gasteiger partial charge in [0, 0.05) is 6.54 Å². The Labute approximate surface area is 141 Å². The maximum Gasteiger partial charge on any atom is 0.461 e. The molecule has 2 N–H and O–H groups in total. The molecule has 0 spiro atoms. The molecule has 2 aromatic rings. The van der Waals surface area contributed by atoms with E-state index < -0.39 is 24.2 Å². The fourth-order valence-corrected chi connectivity index (χ4v) is 2.05. The summed E-state index contributed by atoms with van der Waals surface area (Å²) >= 11 is 0. The van der Waals surface area contributed by atoms with Gasteiger partial charge in [-0.3, -0.25) is 4.79 Å². The second-order valence-electron chi connectivity index (χ2n) is 5.12. The van der Waals surface area contributed by atoms with E-state index >= 15 is 0 Å². The Morgan fingerprint density at radius 1 is 1.12 bits per heavy atom. The molecule has 0 aliphatic carbocycles. The minimum absolute atomic E-state index is 0.0618. The summed E-state index contributed by atoms with van der Waals surface area (Å²) in [6.07, 6.45) is -8.73. The van der Waals surface area contributed by atoms with Gasteiger partial charge in [-0.1, -0.05) is 36.4 Å². The number of benzene rings is 2. The number of hydrogen-bond donors (Lipinski definition) is 2. The third-order valence-electron chi connectivity index (χ3n) is 3.26. The lowest BCUT2D eigenvalue weighted by Gasteiger charge is -2.18. The molecule has 0 aliphatic heterocycles. The lowest BCUT2D eigenvalue weighted by molar-refractivity contribution is -0.253. The van der Waals surface area contributed by atoms with Crippen LogP contribution in [0.15, 0.2) is 48.5 Å². The number of para-hydroxylation sites is 1. The predicted molar refractivity (Wildman–Crippen MR) is 81.6 cm³/mol. The van der Waals surface area contributed by atoms with Crippen LogP contribution in [0, 0.1) is 0 Å². The van der Waals surface area contributed by atoms with Crippen LogP contribution in [0.25, 0.3) is 0 Å². The van der Waals surface area contributed by atoms with Gasteiger partial charge in [-0.05, 0) is 23.3 Å². The number of alkyl halides is 4. The van der Waals surface area contributed by atoms with Crippen LogP contribution in [0.3, 0.4) is 0 Å². The van der Waals surface area contributed by atoms with Crippen LogP contribution in [-0.2, 0) is 13.2 Å². The number of amides is 1. The Morgan fingerprint density at radius 3 is 2.48 bits per heavy atom. The molecule has 0 radical (unpaired) electrons. The molecule has 2 aromatic carbocycles. The average Bonchev–Trinajstić information content (AvgIpc) is 2.60. The molecule has 0 unspecified atom stereocenters. The van der Waals surface area contributed by atoms with Crippen LogP contribution in [-0.4, -0.2) is 23.5 Å². The fraction of sp³-hybridized carbons (Fsp3) is 0.235. The number of nitrogens with one attached hydrogen (secondary N) is 1. The van der Waals surface area contributed by atoms with Crippen LogP contribution in [0.4, 0.5) is 17.6 Å². The lowest BCUT2D eigenvalue weighted by atomic mass is 10.1. The molecule has 0 fully saturated rings. The van der Waals surface area contributed by atoms with Gasteiger partial charge < -0.3 is 15.2 Å². The van der Waals surface area contributed by atoms with Crippen molar-refractivity contribution in [1.82, 2.24) is 5.32 Å². The number of carbonyl (C=O) groups excluding carboxylic acids is 1. The maximum atomic E-state index is 13.1. The van der Waals surface area contributed by atoms with Gasteiger partial charge in [0.1, 0.15) is 5.75 Å². The average molecular weight is 357 g/mol. The van der Waals surface area contributed by atoms with Crippen molar-refractivity contribution >= 4 is 5.91 Å². The summed E-state index contributed by atoms with van der Waals surface area (Å²) in [5, 5.41) is 11.6. The summed E-state index contributed by atoms with van der Waals surface area (Å²) in [6.45, 7) is -0.104. The molecule has 0 bridgehead atoms. The number of ether oxygens (including phenoxy) is 1. The number of carbonyl (C=O) groups is 1. The molecule has 0 aromatic heterocycles. The van der Waals surface area contributed by atoms with Crippen molar-refractivity contribution in [3.05, 3.63) is 65.2 Å². The Kier molecular flexibility index (Phi) is 5.97. The number of aliphatic hydroxyl groups is 1. The summed E-state index contributed by atoms with van der Waals surface area (Å²) in [5.74, 6) is -1.40. The van der Waals surface area contributed by atoms with Crippen molar-refractivity contribution in [3.8, 4) is 5.75 Å². The minimum Gasteiger partial charge on any atom is -0.427 e. The number of aliphatic hydroxyl groups excluding tert-OH is 1. The SMILES string of the molecule is O=C(NCc1cccc(CO)c1)c1ccccc1OC(F)(F)C(F)F. The molecule has 2 rings (SSSR count). The first kappa shape index (κ1) is 18.7. The molecule has 25 heavy (non-hydrogen) atoms. The first-order chi connectivity index (χ1) is 11.8. The zero-order valence-electron chi connectivity index (χ0n) is 12.9. The highest BCUT2D eigenvalue weighted by molar-refractivity contribution is 5.96. The molecule has 0 atom stereocenters. The Morgan fingerprint density at radius 2 is 1.80 bits per heavy atom. The molecule has 1 amide bonds. The molecule has 0 saturated carbocycles. The van der Waals surface area contributed by atoms with E-state index in [9.17, 15) is 22.4 Å². The van der Waals surface area contributed by atoms with Gasteiger partial charge in [-0.2, -0.15) is 17.6 Å². The molecular weight excluding hydrogens is 342 g/mol. The topological polar surface area (TPSA) is 58.6 Å². The Hall–Kier alpha value is -2.61. The zero-order valence-corrected chi connectivity index (χ0v) is 12.9. The van der Waals surface area contributed by atoms with E-state index in [0.717, 1.165) is 6.07 Å². The van der Waals surface area contributed by atoms with Crippen LogP contribution in [0.1, 0.15) is 21.5 Å². The Balaban J connectivity index is 2.11. The van der Waals surface area contributed by atoms with Gasteiger partial charge in [0.25, 0.3) is 5.91 Å². The summed E-state index contributed by atoms with van der Waals surface area (Å²) in [7, 11) is 0. The first-order valence-electron chi connectivity index (χ1n) is 7.24. The molecule has 8 heteroatoms. The van der Waals surface area contributed by atoms with E-state index in [2.05, 4.69) is 10.1 Å². The normalized spacial score (nSPS) is 11.4. The van der Waals surface area contributed by atoms with Crippen LogP contribution < -0.4 is 10.1 Å². The van der Waals surface area contributed by atoms with Crippen molar-refractivity contribution in [3.63, 3.8) is 0 Å². The third-order valence-corrected chi connectivity index (χ3v) is 3.26. The van der Waals surface area contributed by atoms with Gasteiger partial charge >= 0.3 is 12.5 Å². The van der Waals surface area contributed by atoms with Crippen molar-refractivity contribution < 1.29 is 32.2 Å². The summed E-state index contributed by atoms with van der Waals surface area (Å²) in [5.41, 5.74) is 1.03. The summed E-state index contributed by atoms with van der Waals surface area (Å²) in [6, 6.07) is 11.6. The monoisotopic (exact) mass is 357 g/mol. The molecular formula is C17H15F4NO3. The third kappa shape index (κ3) is 4.93. The van der Waals surface area contributed by atoms with Gasteiger partial charge in [0.2, 0.25) is 0 Å². The number of rotatable bonds is 7. The largest absolute Gasteiger partial charge is 0.461 e. The van der Waals surface area contributed by atoms with Gasteiger partial charge in [-0.15, -0.1) is 0 Å². The Bertz CT molecular complexity index is 737. The second kappa shape index (κ2) is 7.98. The predicted octanol–water partition coefficient (Wildman–Crippen LogP) is 3.35. The van der Waals surface area contributed by atoms with E-state index in [1.807, 2.05) is 0 Å². The molecule has 4 nitrogen and oxygen atoms in total. The highest BCUT2D eigenvalue weighted by Gasteiger charge is 2.44. The first-order valence-corrected chi connectivity index (χ1v) is 7.24. The van der Waals surface area contributed by atoms with Crippen molar-refractivity contribution in [1.29, 1.82) is 0 Å². The highest BCUT2D eigenvalue weighted by Crippen LogP contribution is 2.29. The fourth-order valence-electron chi connectivity index (χ4n) is 2.05. The quantitative estimate of drug-likeness (QED) is 0.748. The van der Waals surface area contributed by atoms with E-state index in [1.165, 1.54) is 18.2 Å². The summed E-state index contributed by atoms with van der Waals surface area (Å²) in [4.78, 5) is 12.2. The van der Waals surface area contributed by atoms with E-state index in [1.54, 1.807) is 24.3 Å². The van der Waals surface area contributed by atoms with Crippen LogP contribution in [0.2, 0.25) is 0 Å². The van der Waals surface area contributed by atoms with Crippen LogP contribution >= 0.6 is 0 Å². The van der Waals surface area contributed by atoms with Crippen molar-refractivity contribution in [2.24, 2.45) is 0 Å². The smallest absolute Gasteiger partial charge is 0.427 e. The number of hydrogen-bond acceptors (Lipinski definition) is 3.